The number of hydrogen-bond donors (Lipinski definition) is 1. The van der Waals surface area contributed by atoms with Crippen LogP contribution in [0.15, 0.2) is 36.5 Å². The van der Waals surface area contributed by atoms with Crippen molar-refractivity contribution in [3.63, 3.8) is 0 Å². The van der Waals surface area contributed by atoms with Crippen LogP contribution in [-0.2, 0) is 7.05 Å². The third-order valence-electron chi connectivity index (χ3n) is 3.92. The maximum atomic E-state index is 6.38. The topological polar surface area (TPSA) is 29.9 Å². The lowest BCUT2D eigenvalue weighted by molar-refractivity contribution is 0.412. The van der Waals surface area contributed by atoms with Gasteiger partial charge in [0.15, 0.2) is 0 Å². The molecule has 2 aromatic rings. The molecule has 1 N–H and O–H groups in total. The second-order valence-corrected chi connectivity index (χ2v) is 5.77. The third-order valence-corrected chi connectivity index (χ3v) is 4.21. The Hall–Kier alpha value is -1.32. The van der Waals surface area contributed by atoms with Crippen molar-refractivity contribution in [1.82, 2.24) is 15.1 Å². The van der Waals surface area contributed by atoms with E-state index >= 15 is 0 Å². The van der Waals surface area contributed by atoms with Crippen LogP contribution in [0.4, 0.5) is 0 Å². The van der Waals surface area contributed by atoms with Crippen LogP contribution in [0.3, 0.4) is 0 Å². The number of hydrogen-bond acceptors (Lipinski definition) is 2. The van der Waals surface area contributed by atoms with E-state index in [1.54, 1.807) is 6.20 Å². The molecular formula is C17H24ClN3. The van der Waals surface area contributed by atoms with Crippen molar-refractivity contribution < 1.29 is 0 Å². The van der Waals surface area contributed by atoms with Gasteiger partial charge in [0, 0.05) is 13.0 Å². The first kappa shape index (κ1) is 16.1. The monoisotopic (exact) mass is 305 g/mol. The summed E-state index contributed by atoms with van der Waals surface area (Å²) in [5, 5.41) is 8.69. The zero-order valence-corrected chi connectivity index (χ0v) is 13.8. The van der Waals surface area contributed by atoms with Crippen LogP contribution in [0.2, 0.25) is 5.02 Å². The van der Waals surface area contributed by atoms with E-state index in [2.05, 4.69) is 54.6 Å². The highest BCUT2D eigenvalue weighted by atomic mass is 35.5. The summed E-state index contributed by atoms with van der Waals surface area (Å²) in [5.74, 6) is 0.380. The molecule has 1 aromatic carbocycles. The second kappa shape index (κ2) is 7.62. The van der Waals surface area contributed by atoms with E-state index in [0.29, 0.717) is 5.92 Å². The average Bonchev–Trinajstić information content (AvgIpc) is 2.84. The van der Waals surface area contributed by atoms with Gasteiger partial charge in [-0.2, -0.15) is 5.10 Å². The van der Waals surface area contributed by atoms with Gasteiger partial charge in [-0.25, -0.2) is 0 Å². The lowest BCUT2D eigenvalue weighted by Crippen LogP contribution is -2.29. The van der Waals surface area contributed by atoms with E-state index in [-0.39, 0.29) is 6.04 Å². The van der Waals surface area contributed by atoms with Gasteiger partial charge in [-0.3, -0.25) is 4.68 Å². The number of nitrogens with one attached hydrogen (secondary N) is 1. The summed E-state index contributed by atoms with van der Waals surface area (Å²) in [6, 6.07) is 10.8. The van der Waals surface area contributed by atoms with Crippen molar-refractivity contribution in [3.05, 3.63) is 52.8 Å². The van der Waals surface area contributed by atoms with Crippen LogP contribution < -0.4 is 5.32 Å². The lowest BCUT2D eigenvalue weighted by Gasteiger charge is -2.28. The molecule has 3 nitrogen and oxygen atoms in total. The van der Waals surface area contributed by atoms with Crippen molar-refractivity contribution in [3.8, 4) is 0 Å². The fraction of sp³-hybridized carbons (Fsp3) is 0.471. The third kappa shape index (κ3) is 3.66. The van der Waals surface area contributed by atoms with Gasteiger partial charge in [0.25, 0.3) is 0 Å². The molecule has 0 fully saturated rings. The highest BCUT2D eigenvalue weighted by Crippen LogP contribution is 2.36. The standard InChI is InChI=1S/C17H24ClN3/c1-4-11-19-16(17-15(18)12-20-21(17)3)14(5-2)13-9-7-6-8-10-13/h6-10,12,14,16,19H,4-5,11H2,1-3H3. The van der Waals surface area contributed by atoms with Crippen LogP contribution >= 0.6 is 11.6 Å². The molecule has 21 heavy (non-hydrogen) atoms. The maximum Gasteiger partial charge on any atom is 0.0834 e. The molecule has 0 saturated carbocycles. The average molecular weight is 306 g/mol. The van der Waals surface area contributed by atoms with Crippen LogP contribution in [0.1, 0.15) is 49.9 Å². The first-order valence-electron chi connectivity index (χ1n) is 7.64. The van der Waals surface area contributed by atoms with E-state index < -0.39 is 0 Å². The number of benzene rings is 1. The molecule has 0 spiro atoms. The van der Waals surface area contributed by atoms with Gasteiger partial charge < -0.3 is 5.32 Å². The molecule has 2 atom stereocenters. The quantitative estimate of drug-likeness (QED) is 0.826. The summed E-state index contributed by atoms with van der Waals surface area (Å²) in [6.45, 7) is 5.37. The smallest absolute Gasteiger partial charge is 0.0834 e. The molecule has 114 valence electrons. The molecule has 2 unspecified atom stereocenters. The zero-order valence-electron chi connectivity index (χ0n) is 13.0. The van der Waals surface area contributed by atoms with E-state index in [9.17, 15) is 0 Å². The number of halogens is 1. The van der Waals surface area contributed by atoms with Gasteiger partial charge >= 0.3 is 0 Å². The van der Waals surface area contributed by atoms with Crippen molar-refractivity contribution in [2.75, 3.05) is 6.54 Å². The van der Waals surface area contributed by atoms with E-state index in [1.807, 2.05) is 11.7 Å². The summed E-state index contributed by atoms with van der Waals surface area (Å²) < 4.78 is 1.89. The summed E-state index contributed by atoms with van der Waals surface area (Å²) in [6.07, 6.45) is 3.87. The number of aryl methyl sites for hydroxylation is 1. The molecule has 0 saturated heterocycles. The minimum absolute atomic E-state index is 0.178. The summed E-state index contributed by atoms with van der Waals surface area (Å²) in [5.41, 5.74) is 2.41. The Bertz CT molecular complexity index is 531. The minimum Gasteiger partial charge on any atom is -0.308 e. The van der Waals surface area contributed by atoms with Crippen LogP contribution in [-0.4, -0.2) is 16.3 Å². The number of aromatic nitrogens is 2. The van der Waals surface area contributed by atoms with Crippen molar-refractivity contribution in [2.45, 2.75) is 38.6 Å². The van der Waals surface area contributed by atoms with Crippen LogP contribution in [0.5, 0.6) is 0 Å². The van der Waals surface area contributed by atoms with E-state index in [0.717, 1.165) is 30.1 Å². The SMILES string of the molecule is CCCNC(c1c(Cl)cnn1C)C(CC)c1ccccc1. The second-order valence-electron chi connectivity index (χ2n) is 5.36. The van der Waals surface area contributed by atoms with Crippen molar-refractivity contribution >= 4 is 11.6 Å². The van der Waals surface area contributed by atoms with Gasteiger partial charge in [-0.05, 0) is 24.9 Å². The first-order valence-corrected chi connectivity index (χ1v) is 8.02. The highest BCUT2D eigenvalue weighted by Gasteiger charge is 2.27. The Balaban J connectivity index is 2.39. The molecule has 0 aliphatic carbocycles. The maximum absolute atomic E-state index is 6.38. The van der Waals surface area contributed by atoms with Gasteiger partial charge in [-0.15, -0.1) is 0 Å². The Morgan fingerprint density at radius 3 is 2.48 bits per heavy atom. The predicted molar refractivity (Wildman–Crippen MR) is 88.7 cm³/mol. The van der Waals surface area contributed by atoms with Crippen LogP contribution in [0.25, 0.3) is 0 Å². The molecule has 0 aliphatic rings. The molecule has 0 radical (unpaired) electrons. The molecule has 0 bridgehead atoms. The van der Waals surface area contributed by atoms with Gasteiger partial charge in [-0.1, -0.05) is 55.8 Å². The molecule has 1 aromatic heterocycles. The van der Waals surface area contributed by atoms with Gasteiger partial charge in [0.1, 0.15) is 0 Å². The summed E-state index contributed by atoms with van der Waals surface area (Å²) in [4.78, 5) is 0. The minimum atomic E-state index is 0.178. The molecule has 0 amide bonds. The normalized spacial score (nSPS) is 14.1. The van der Waals surface area contributed by atoms with E-state index in [4.69, 9.17) is 11.6 Å². The van der Waals surface area contributed by atoms with Crippen LogP contribution in [0, 0.1) is 0 Å². The Morgan fingerprint density at radius 1 is 1.24 bits per heavy atom. The van der Waals surface area contributed by atoms with Gasteiger partial charge in [0.2, 0.25) is 0 Å². The molecular weight excluding hydrogens is 282 g/mol. The largest absolute Gasteiger partial charge is 0.308 e. The van der Waals surface area contributed by atoms with Crippen molar-refractivity contribution in [1.29, 1.82) is 0 Å². The Kier molecular flexibility index (Phi) is 5.83. The first-order chi connectivity index (χ1) is 10.2. The molecule has 1 heterocycles. The zero-order chi connectivity index (χ0) is 15.2. The van der Waals surface area contributed by atoms with Gasteiger partial charge in [0.05, 0.1) is 23.0 Å². The predicted octanol–water partition coefficient (Wildman–Crippen LogP) is 4.31. The Morgan fingerprint density at radius 2 is 1.95 bits per heavy atom. The number of nitrogens with zero attached hydrogens (tertiary/aromatic N) is 2. The summed E-state index contributed by atoms with van der Waals surface area (Å²) >= 11 is 6.38. The fourth-order valence-corrected chi connectivity index (χ4v) is 3.15. The Labute approximate surface area is 132 Å². The lowest BCUT2D eigenvalue weighted by atomic mass is 9.87. The molecule has 0 aliphatic heterocycles. The molecule has 2 rings (SSSR count). The number of rotatable bonds is 7. The summed E-state index contributed by atoms with van der Waals surface area (Å²) in [7, 11) is 1.96. The fourth-order valence-electron chi connectivity index (χ4n) is 2.86. The van der Waals surface area contributed by atoms with E-state index in [1.165, 1.54) is 5.56 Å². The molecule has 4 heteroatoms. The van der Waals surface area contributed by atoms with Crippen molar-refractivity contribution in [2.24, 2.45) is 7.05 Å². The highest BCUT2D eigenvalue weighted by molar-refractivity contribution is 6.31.